The summed E-state index contributed by atoms with van der Waals surface area (Å²) in [5.74, 6) is -1.62. The van der Waals surface area contributed by atoms with Crippen LogP contribution in [0.15, 0.2) is 127 Å². The molecule has 0 saturated carbocycles. The number of para-hydroxylation sites is 1. The van der Waals surface area contributed by atoms with Crippen molar-refractivity contribution < 1.29 is 28.4 Å². The van der Waals surface area contributed by atoms with Gasteiger partial charge in [0.25, 0.3) is 0 Å². The Morgan fingerprint density at radius 1 is 0.621 bits per heavy atom. The average molecular weight is 889 g/mol. The summed E-state index contributed by atoms with van der Waals surface area (Å²) in [7, 11) is 0. The predicted octanol–water partition coefficient (Wildman–Crippen LogP) is 17.2. The number of hydrogen-bond acceptors (Lipinski definition) is 3. The van der Waals surface area contributed by atoms with Crippen molar-refractivity contribution in [2.24, 2.45) is 0 Å². The summed E-state index contributed by atoms with van der Waals surface area (Å²) in [5.41, 5.74) is 2.09. The molecule has 0 aliphatic rings. The molecule has 0 aliphatic heterocycles. The first-order valence-electron chi connectivity index (χ1n) is 30.8. The van der Waals surface area contributed by atoms with Crippen molar-refractivity contribution >= 4 is 11.0 Å². The molecule has 0 fully saturated rings. The van der Waals surface area contributed by atoms with E-state index in [0.717, 1.165) is 23.6 Å². The predicted molar refractivity (Wildman–Crippen MR) is 281 cm³/mol. The summed E-state index contributed by atoms with van der Waals surface area (Å²) in [5, 5.41) is 12.8. The molecule has 338 valence electrons. The van der Waals surface area contributed by atoms with Crippen LogP contribution < -0.4 is 0 Å². The van der Waals surface area contributed by atoms with Gasteiger partial charge < -0.3 is 5.11 Å². The Bertz CT molecular complexity index is 3820. The number of aromatic nitrogens is 3. The van der Waals surface area contributed by atoms with E-state index in [1.807, 2.05) is 97.9 Å². The van der Waals surface area contributed by atoms with Gasteiger partial charge in [0.05, 0.1) is 33.5 Å². The zero-order valence-corrected chi connectivity index (χ0v) is 39.7. The van der Waals surface area contributed by atoms with Crippen molar-refractivity contribution in [2.45, 2.75) is 132 Å². The first-order valence-corrected chi connectivity index (χ1v) is 22.3. The van der Waals surface area contributed by atoms with E-state index in [-0.39, 0.29) is 45.2 Å². The molecule has 4 heteroatoms. The molecule has 0 amide bonds. The Morgan fingerprint density at radius 2 is 1.32 bits per heavy atom. The highest BCUT2D eigenvalue weighted by Gasteiger charge is 2.29. The average Bonchev–Trinajstić information content (AvgIpc) is 2.00. The van der Waals surface area contributed by atoms with Crippen molar-refractivity contribution in [2.75, 3.05) is 0 Å². The minimum Gasteiger partial charge on any atom is -0.507 e. The number of rotatable bonds is 8. The topological polar surface area (TPSA) is 50.9 Å². The van der Waals surface area contributed by atoms with E-state index in [4.69, 9.17) is 33.3 Å². The zero-order valence-electron chi connectivity index (χ0n) is 56.7. The van der Waals surface area contributed by atoms with Gasteiger partial charge in [-0.05, 0) is 146 Å². The quantitative estimate of drug-likeness (QED) is 0.165. The molecular formula is C62H69N3O. The second kappa shape index (κ2) is 17.2. The summed E-state index contributed by atoms with van der Waals surface area (Å²) >= 11 is 0. The Labute approximate surface area is 418 Å². The number of benzene rings is 6. The van der Waals surface area contributed by atoms with Gasteiger partial charge in [0.2, 0.25) is 0 Å². The van der Waals surface area contributed by atoms with Gasteiger partial charge in [-0.15, -0.1) is 0 Å². The van der Waals surface area contributed by atoms with Crippen molar-refractivity contribution in [3.8, 4) is 67.5 Å². The van der Waals surface area contributed by atoms with E-state index in [1.54, 1.807) is 60.9 Å². The molecule has 0 saturated heterocycles. The molecule has 0 unspecified atom stereocenters. The second-order valence-electron chi connectivity index (χ2n) is 20.2. The molecule has 6 aromatic carbocycles. The Morgan fingerprint density at radius 3 is 1.98 bits per heavy atom. The van der Waals surface area contributed by atoms with Crippen LogP contribution in [-0.4, -0.2) is 19.6 Å². The number of phenolic OH excluding ortho intramolecular Hbond substituents is 1. The molecule has 1 N–H and O–H groups in total. The molecule has 0 aliphatic carbocycles. The number of aryl methyl sites for hydroxylation is 1. The second-order valence-corrected chi connectivity index (χ2v) is 20.2. The Hall–Kier alpha value is -6.26. The fourth-order valence-corrected chi connectivity index (χ4v) is 8.29. The maximum absolute atomic E-state index is 12.8. The largest absolute Gasteiger partial charge is 0.507 e. The maximum Gasteiger partial charge on any atom is 0.149 e. The van der Waals surface area contributed by atoms with Gasteiger partial charge in [0.1, 0.15) is 11.6 Å². The summed E-state index contributed by atoms with van der Waals surface area (Å²) in [6, 6.07) is 25.8. The lowest BCUT2D eigenvalue weighted by Crippen LogP contribution is -2.17. The molecule has 2 heterocycles. The van der Waals surface area contributed by atoms with E-state index >= 15 is 0 Å². The monoisotopic (exact) mass is 889 g/mol. The van der Waals surface area contributed by atoms with E-state index in [9.17, 15) is 5.11 Å². The lowest BCUT2D eigenvalue weighted by molar-refractivity contribution is 0.446. The number of nitrogens with zero attached hydrogens (tertiary/aromatic N) is 3. The highest BCUT2D eigenvalue weighted by atomic mass is 16.3. The molecule has 0 radical (unpaired) electrons. The van der Waals surface area contributed by atoms with Gasteiger partial charge in [-0.25, -0.2) is 4.98 Å². The molecule has 2 aromatic heterocycles. The maximum atomic E-state index is 12.8. The van der Waals surface area contributed by atoms with E-state index < -0.39 is 85.0 Å². The van der Waals surface area contributed by atoms with Gasteiger partial charge in [-0.1, -0.05) is 168 Å². The van der Waals surface area contributed by atoms with E-state index in [0.29, 0.717) is 50.1 Å². The summed E-state index contributed by atoms with van der Waals surface area (Å²) in [6.07, 6.45) is 1.46. The van der Waals surface area contributed by atoms with Crippen LogP contribution in [0.25, 0.3) is 72.7 Å². The first kappa shape index (κ1) is 29.4. The van der Waals surface area contributed by atoms with Gasteiger partial charge in [-0.2, -0.15) is 0 Å². The lowest BCUT2D eigenvalue weighted by atomic mass is 9.79. The van der Waals surface area contributed by atoms with Gasteiger partial charge in [0, 0.05) is 40.7 Å². The number of fused-ring (bicyclic) bond motifs is 1. The van der Waals surface area contributed by atoms with Crippen molar-refractivity contribution in [3.05, 3.63) is 166 Å². The first-order chi connectivity index (χ1) is 37.9. The van der Waals surface area contributed by atoms with E-state index in [2.05, 4.69) is 0 Å². The third-order valence-electron chi connectivity index (χ3n) is 12.3. The number of phenols is 1. The summed E-state index contributed by atoms with van der Waals surface area (Å²) < 4.78 is 149. The van der Waals surface area contributed by atoms with Crippen LogP contribution in [0.2, 0.25) is 0 Å². The van der Waals surface area contributed by atoms with Gasteiger partial charge in [0.15, 0.2) is 0 Å². The number of imidazole rings is 1. The lowest BCUT2D eigenvalue weighted by Gasteiger charge is -2.27. The van der Waals surface area contributed by atoms with Crippen LogP contribution >= 0.6 is 0 Å². The van der Waals surface area contributed by atoms with Crippen LogP contribution in [0.1, 0.15) is 164 Å². The zero-order chi connectivity index (χ0) is 62.0. The molecule has 0 spiro atoms. The van der Waals surface area contributed by atoms with Crippen LogP contribution in [0.3, 0.4) is 0 Å². The molecular weight excluding hydrogens is 803 g/mol. The number of pyridine rings is 1. The van der Waals surface area contributed by atoms with Crippen LogP contribution in [0.4, 0.5) is 0 Å². The molecule has 0 atom stereocenters. The van der Waals surface area contributed by atoms with E-state index in [1.165, 1.54) is 18.3 Å². The standard InChI is InChI=1S/C62H69N3O/c1-37(2)44-28-45(38(3)4)30-46(29-44)42-23-24-55(40(6)27-42)65-56-18-16-17-51(57(56)64-59(65)52-35-50(61(10,11)12)36-53(58(52)66)62(13,14)15)47-31-48(33-49(32-47)60(7,8)9)54-34-43(25-26-63-54)41-21-19-39(5)20-22-41/h16-38,66H,1-15H3/i5D3,6D3,13D3,14D3,19D,20D,21D,22D,37D. The minimum atomic E-state index is -3.18. The molecule has 0 bridgehead atoms. The fraction of sp³-hybridized carbons (Fsp3) is 0.323. The van der Waals surface area contributed by atoms with Gasteiger partial charge >= 0.3 is 0 Å². The Balaban J connectivity index is 1.49. The third kappa shape index (κ3) is 9.12. The van der Waals surface area contributed by atoms with Crippen LogP contribution in [-0.2, 0) is 16.2 Å². The summed E-state index contributed by atoms with van der Waals surface area (Å²) in [4.78, 5) is 10.0. The fourth-order valence-electron chi connectivity index (χ4n) is 8.29. The van der Waals surface area contributed by atoms with Crippen LogP contribution in [0.5, 0.6) is 5.75 Å². The molecule has 8 rings (SSSR count). The van der Waals surface area contributed by atoms with Crippen molar-refractivity contribution in [3.63, 3.8) is 0 Å². The third-order valence-corrected chi connectivity index (χ3v) is 12.3. The summed E-state index contributed by atoms with van der Waals surface area (Å²) in [6.45, 7) is 8.33. The molecule has 66 heavy (non-hydrogen) atoms. The highest BCUT2D eigenvalue weighted by molar-refractivity contribution is 5.97. The van der Waals surface area contributed by atoms with Crippen molar-refractivity contribution in [1.82, 2.24) is 14.5 Å². The number of hydrogen-bond donors (Lipinski definition) is 1. The molecule has 4 nitrogen and oxygen atoms in total. The van der Waals surface area contributed by atoms with Crippen molar-refractivity contribution in [1.29, 1.82) is 0 Å². The highest BCUT2D eigenvalue weighted by Crippen LogP contribution is 2.45. The SMILES string of the molecule is [2H]c1c([2H])c(C([2H])([2H])[2H])c([2H])c([2H])c1-c1ccnc(-c2cc(-c3cccc4c3nc(-c3cc(C(C)(C)C)cc(C(C)(C([2H])([2H])[2H])C([2H])([2H])[2H])c3O)n4-c3ccc(-c4cc(C(C)C)cc(C([2H])(C)C)c4)cc3C([2H])([2H])[2H])cc(C(C)(C)C)c2)c1. The Kier molecular flexibility index (Phi) is 7.66. The van der Waals surface area contributed by atoms with Gasteiger partial charge in [-0.3, -0.25) is 9.55 Å². The normalized spacial score (nSPS) is 17.2. The molecule has 8 aromatic rings. The van der Waals surface area contributed by atoms with Crippen LogP contribution in [0, 0.1) is 13.7 Å². The smallest absolute Gasteiger partial charge is 0.149 e. The minimum absolute atomic E-state index is 0.0277. The number of aromatic hydroxyl groups is 1.